The number of amides is 1. The molecule has 0 fully saturated rings. The Morgan fingerprint density at radius 3 is 2.33 bits per heavy atom. The molecule has 0 spiro atoms. The first-order valence-electron chi connectivity index (χ1n) is 6.13. The summed E-state index contributed by atoms with van der Waals surface area (Å²) in [5, 5.41) is 14.0. The van der Waals surface area contributed by atoms with Crippen molar-refractivity contribution in [2.75, 3.05) is 13.6 Å². The molecule has 0 aliphatic heterocycles. The van der Waals surface area contributed by atoms with E-state index in [1.165, 1.54) is 0 Å². The van der Waals surface area contributed by atoms with Crippen molar-refractivity contribution < 1.29 is 19.5 Å². The molecular weight excluding hydrogens is 236 g/mol. The molecule has 0 aromatic carbocycles. The number of carboxylic acid groups (broad SMARTS) is 1. The van der Waals surface area contributed by atoms with Crippen molar-refractivity contribution in [3.05, 3.63) is 0 Å². The zero-order chi connectivity index (χ0) is 14.0. The molecule has 0 radical (unpaired) electrons. The van der Waals surface area contributed by atoms with E-state index >= 15 is 0 Å². The molecule has 0 bridgehead atoms. The third-order valence-corrected chi connectivity index (χ3v) is 2.65. The van der Waals surface area contributed by atoms with E-state index in [0.29, 0.717) is 6.54 Å². The minimum atomic E-state index is -0.969. The van der Waals surface area contributed by atoms with Gasteiger partial charge < -0.3 is 15.7 Å². The van der Waals surface area contributed by atoms with E-state index in [1.807, 2.05) is 0 Å². The first-order valence-corrected chi connectivity index (χ1v) is 6.13. The largest absolute Gasteiger partial charge is 0.481 e. The minimum Gasteiger partial charge on any atom is -0.481 e. The summed E-state index contributed by atoms with van der Waals surface area (Å²) in [6.45, 7) is 2.07. The van der Waals surface area contributed by atoms with Gasteiger partial charge in [-0.25, -0.2) is 0 Å². The number of carboxylic acids is 1. The fourth-order valence-corrected chi connectivity index (χ4v) is 1.56. The molecule has 0 aliphatic carbocycles. The van der Waals surface area contributed by atoms with Crippen molar-refractivity contribution in [2.24, 2.45) is 0 Å². The molecular formula is C12H22N2O4. The van der Waals surface area contributed by atoms with Crippen molar-refractivity contribution in [1.29, 1.82) is 0 Å². The van der Waals surface area contributed by atoms with Crippen LogP contribution in [-0.4, -0.2) is 42.4 Å². The van der Waals surface area contributed by atoms with Crippen molar-refractivity contribution >= 4 is 17.7 Å². The first kappa shape index (κ1) is 16.6. The normalized spacial score (nSPS) is 11.9. The summed E-state index contributed by atoms with van der Waals surface area (Å²) in [6, 6.07) is -0.118. The third-order valence-electron chi connectivity index (χ3n) is 2.65. The number of hydrogen-bond donors (Lipinski definition) is 3. The summed E-state index contributed by atoms with van der Waals surface area (Å²) in [6.07, 6.45) is 2.24. The average molecular weight is 258 g/mol. The van der Waals surface area contributed by atoms with Crippen LogP contribution in [0.5, 0.6) is 0 Å². The Hall–Kier alpha value is -1.43. The first-order chi connectivity index (χ1) is 8.47. The van der Waals surface area contributed by atoms with Gasteiger partial charge in [0.25, 0.3) is 0 Å². The van der Waals surface area contributed by atoms with E-state index in [-0.39, 0.29) is 30.6 Å². The van der Waals surface area contributed by atoms with Gasteiger partial charge in [-0.15, -0.1) is 0 Å². The molecule has 0 rings (SSSR count). The van der Waals surface area contributed by atoms with E-state index in [1.54, 1.807) is 14.0 Å². The number of aliphatic carboxylic acids is 1. The summed E-state index contributed by atoms with van der Waals surface area (Å²) in [5.41, 5.74) is 0. The Labute approximate surface area is 107 Å². The molecule has 0 heterocycles. The second-order valence-electron chi connectivity index (χ2n) is 4.19. The van der Waals surface area contributed by atoms with Crippen LogP contribution in [0, 0.1) is 0 Å². The molecule has 1 amide bonds. The zero-order valence-electron chi connectivity index (χ0n) is 11.0. The van der Waals surface area contributed by atoms with Crippen LogP contribution in [0.15, 0.2) is 0 Å². The van der Waals surface area contributed by atoms with Gasteiger partial charge in [-0.1, -0.05) is 0 Å². The summed E-state index contributed by atoms with van der Waals surface area (Å²) in [5.74, 6) is -1.10. The van der Waals surface area contributed by atoms with Crippen LogP contribution < -0.4 is 10.6 Å². The van der Waals surface area contributed by atoms with Gasteiger partial charge in [0, 0.05) is 13.0 Å². The average Bonchev–Trinajstić information content (AvgIpc) is 2.30. The van der Waals surface area contributed by atoms with Crippen LogP contribution >= 0.6 is 0 Å². The van der Waals surface area contributed by atoms with Crippen LogP contribution in [0.2, 0.25) is 0 Å². The van der Waals surface area contributed by atoms with E-state index in [2.05, 4.69) is 10.6 Å². The Bertz CT molecular complexity index is 292. The molecule has 1 atom stereocenters. The fraction of sp³-hybridized carbons (Fsp3) is 0.750. The molecule has 6 heteroatoms. The maximum absolute atomic E-state index is 11.2. The Balaban J connectivity index is 3.53. The monoisotopic (exact) mass is 258 g/mol. The number of Topliss-reactive ketones (excluding diaryl/α,β-unsaturated/α-hetero) is 1. The smallest absolute Gasteiger partial charge is 0.303 e. The quantitative estimate of drug-likeness (QED) is 0.490. The van der Waals surface area contributed by atoms with Crippen molar-refractivity contribution in [3.63, 3.8) is 0 Å². The number of likely N-dealkylation sites (N-methyl/N-ethyl adjacent to an activating group) is 1. The number of carbonyl (C=O) groups excluding carboxylic acids is 2. The fourth-order valence-electron chi connectivity index (χ4n) is 1.56. The molecule has 18 heavy (non-hydrogen) atoms. The van der Waals surface area contributed by atoms with E-state index in [9.17, 15) is 14.4 Å². The van der Waals surface area contributed by atoms with Gasteiger partial charge in [0.05, 0.1) is 12.5 Å². The van der Waals surface area contributed by atoms with Gasteiger partial charge in [-0.3, -0.25) is 14.4 Å². The molecule has 104 valence electrons. The Kier molecular flexibility index (Phi) is 8.82. The van der Waals surface area contributed by atoms with Crippen LogP contribution in [0.25, 0.3) is 0 Å². The lowest BCUT2D eigenvalue weighted by Crippen LogP contribution is -2.32. The number of carbonyl (C=O) groups is 3. The second-order valence-corrected chi connectivity index (χ2v) is 4.19. The molecule has 0 unspecified atom stereocenters. The van der Waals surface area contributed by atoms with Crippen molar-refractivity contribution in [1.82, 2.24) is 10.6 Å². The van der Waals surface area contributed by atoms with Crippen LogP contribution in [0.3, 0.4) is 0 Å². The lowest BCUT2D eigenvalue weighted by atomic mass is 10.1. The third kappa shape index (κ3) is 8.69. The highest BCUT2D eigenvalue weighted by molar-refractivity contribution is 5.81. The lowest BCUT2D eigenvalue weighted by Gasteiger charge is -2.12. The highest BCUT2D eigenvalue weighted by Crippen LogP contribution is 2.01. The highest BCUT2D eigenvalue weighted by atomic mass is 16.4. The van der Waals surface area contributed by atoms with E-state index in [4.69, 9.17) is 5.11 Å². The number of nitrogens with one attached hydrogen (secondary N) is 2. The Morgan fingerprint density at radius 2 is 1.83 bits per heavy atom. The predicted octanol–water partition coefficient (Wildman–Crippen LogP) is 0.315. The van der Waals surface area contributed by atoms with Crippen LogP contribution in [0.1, 0.15) is 39.0 Å². The summed E-state index contributed by atoms with van der Waals surface area (Å²) >= 11 is 0. The van der Waals surface area contributed by atoms with Gasteiger partial charge in [0.2, 0.25) is 5.91 Å². The molecule has 0 aliphatic rings. The van der Waals surface area contributed by atoms with Gasteiger partial charge in [-0.05, 0) is 33.2 Å². The standard InChI is InChI=1S/C12H22N2O4/c1-9(15)10(13-2)5-3-4-8-14-11(16)6-7-12(17)18/h10,13H,3-8H2,1-2H3,(H,14,16)(H,17,18)/t10-/m0/s1. The van der Waals surface area contributed by atoms with E-state index in [0.717, 1.165) is 19.3 Å². The number of unbranched alkanes of at least 4 members (excludes halogenated alkanes) is 1. The van der Waals surface area contributed by atoms with Crippen molar-refractivity contribution in [2.45, 2.75) is 45.1 Å². The molecule has 0 aromatic rings. The molecule has 0 aromatic heterocycles. The van der Waals surface area contributed by atoms with Gasteiger partial charge >= 0.3 is 5.97 Å². The van der Waals surface area contributed by atoms with Gasteiger partial charge in [-0.2, -0.15) is 0 Å². The van der Waals surface area contributed by atoms with Crippen LogP contribution in [-0.2, 0) is 14.4 Å². The maximum Gasteiger partial charge on any atom is 0.303 e. The van der Waals surface area contributed by atoms with E-state index < -0.39 is 5.97 Å². The summed E-state index contributed by atoms with van der Waals surface area (Å²) < 4.78 is 0. The number of hydrogen-bond acceptors (Lipinski definition) is 4. The number of ketones is 1. The Morgan fingerprint density at radius 1 is 1.17 bits per heavy atom. The van der Waals surface area contributed by atoms with Gasteiger partial charge in [0.1, 0.15) is 5.78 Å². The molecule has 0 saturated carbocycles. The molecule has 6 nitrogen and oxygen atoms in total. The second kappa shape index (κ2) is 9.58. The SMILES string of the molecule is CN[C@@H](CCCCNC(=O)CCC(=O)O)C(C)=O. The summed E-state index contributed by atoms with van der Waals surface area (Å²) in [7, 11) is 1.75. The number of rotatable bonds is 10. The highest BCUT2D eigenvalue weighted by Gasteiger charge is 2.10. The van der Waals surface area contributed by atoms with Gasteiger partial charge in [0.15, 0.2) is 0 Å². The topological polar surface area (TPSA) is 95.5 Å². The minimum absolute atomic E-state index is 0.0158. The summed E-state index contributed by atoms with van der Waals surface area (Å²) in [4.78, 5) is 32.5. The molecule has 0 saturated heterocycles. The molecule has 3 N–H and O–H groups in total. The lowest BCUT2D eigenvalue weighted by molar-refractivity contribution is -0.138. The predicted molar refractivity (Wildman–Crippen MR) is 67.3 cm³/mol. The van der Waals surface area contributed by atoms with Crippen molar-refractivity contribution in [3.8, 4) is 0 Å². The zero-order valence-corrected chi connectivity index (χ0v) is 11.0. The maximum atomic E-state index is 11.2. The van der Waals surface area contributed by atoms with Crippen LogP contribution in [0.4, 0.5) is 0 Å².